The van der Waals surface area contributed by atoms with Gasteiger partial charge in [0.2, 0.25) is 0 Å². The molecular formula is C32H38F3N3O3. The maximum absolute atomic E-state index is 12.9. The van der Waals surface area contributed by atoms with E-state index in [1.54, 1.807) is 6.07 Å². The molecule has 2 aromatic carbocycles. The first-order valence-corrected chi connectivity index (χ1v) is 14.4. The molecule has 0 radical (unpaired) electrons. The van der Waals surface area contributed by atoms with E-state index in [9.17, 15) is 18.0 Å². The molecular weight excluding hydrogens is 531 g/mol. The summed E-state index contributed by atoms with van der Waals surface area (Å²) >= 11 is 0. The molecule has 3 aromatic rings. The highest BCUT2D eigenvalue weighted by Crippen LogP contribution is 2.53. The van der Waals surface area contributed by atoms with Gasteiger partial charge < -0.3 is 19.4 Å². The average Bonchev–Trinajstić information content (AvgIpc) is 3.36. The fourth-order valence-corrected chi connectivity index (χ4v) is 6.30. The van der Waals surface area contributed by atoms with Crippen molar-refractivity contribution in [3.05, 3.63) is 66.0 Å². The van der Waals surface area contributed by atoms with E-state index in [0.717, 1.165) is 45.2 Å². The van der Waals surface area contributed by atoms with E-state index in [1.807, 2.05) is 19.9 Å². The van der Waals surface area contributed by atoms with Gasteiger partial charge in [0.25, 0.3) is 0 Å². The van der Waals surface area contributed by atoms with E-state index >= 15 is 0 Å². The molecule has 3 atom stereocenters. The standard InChI is InChI=1S/C32H38F3N3O3/c1-21(2)30(39)41-31(20-23-14-15-24(31)19-25(23)22-9-5-4-6-10-22)16-18-38(3)17-8-13-28-36-26-11-7-12-27(29(26)37-28)40-32(33,34)35/h4-7,9-12,19,21,23-24H,8,13-18,20H2,1-3H3,(H,36,37)/t23-,24-,31+/m1/s1. The van der Waals surface area contributed by atoms with Gasteiger partial charge in [0, 0.05) is 25.3 Å². The number of alkyl halides is 3. The summed E-state index contributed by atoms with van der Waals surface area (Å²) in [4.78, 5) is 22.6. The van der Waals surface area contributed by atoms with Crippen LogP contribution in [0.1, 0.15) is 57.3 Å². The van der Waals surface area contributed by atoms with Gasteiger partial charge in [-0.2, -0.15) is 0 Å². The van der Waals surface area contributed by atoms with Crippen LogP contribution in [0.3, 0.4) is 0 Å². The molecule has 2 bridgehead atoms. The number of hydrogen-bond donors (Lipinski definition) is 1. The van der Waals surface area contributed by atoms with Gasteiger partial charge in [0.1, 0.15) is 16.9 Å². The maximum atomic E-state index is 12.9. The molecule has 1 heterocycles. The number of benzene rings is 2. The first-order valence-electron chi connectivity index (χ1n) is 14.4. The zero-order chi connectivity index (χ0) is 29.2. The number of aromatic amines is 1. The average molecular weight is 570 g/mol. The minimum absolute atomic E-state index is 0.145. The highest BCUT2D eigenvalue weighted by molar-refractivity contribution is 5.81. The van der Waals surface area contributed by atoms with E-state index in [1.165, 1.54) is 23.3 Å². The Labute approximate surface area is 238 Å². The number of allylic oxidation sites excluding steroid dienone is 1. The largest absolute Gasteiger partial charge is 0.573 e. The predicted octanol–water partition coefficient (Wildman–Crippen LogP) is 7.17. The monoisotopic (exact) mass is 569 g/mol. The molecule has 220 valence electrons. The van der Waals surface area contributed by atoms with Gasteiger partial charge >= 0.3 is 12.3 Å². The van der Waals surface area contributed by atoms with Crippen molar-refractivity contribution in [2.24, 2.45) is 17.8 Å². The summed E-state index contributed by atoms with van der Waals surface area (Å²) in [7, 11) is 2.05. The van der Waals surface area contributed by atoms with Crippen molar-refractivity contribution in [1.29, 1.82) is 0 Å². The van der Waals surface area contributed by atoms with Crippen molar-refractivity contribution in [1.82, 2.24) is 14.9 Å². The van der Waals surface area contributed by atoms with Gasteiger partial charge in [0.15, 0.2) is 5.75 Å². The molecule has 0 amide bonds. The Kier molecular flexibility index (Phi) is 8.45. The zero-order valence-corrected chi connectivity index (χ0v) is 23.8. The third-order valence-electron chi connectivity index (χ3n) is 8.42. The molecule has 6 nitrogen and oxygen atoms in total. The predicted molar refractivity (Wildman–Crippen MR) is 152 cm³/mol. The molecule has 1 N–H and O–H groups in total. The lowest BCUT2D eigenvalue weighted by Crippen LogP contribution is -2.51. The van der Waals surface area contributed by atoms with Crippen LogP contribution in [0.5, 0.6) is 5.75 Å². The smallest absolute Gasteiger partial charge is 0.458 e. The second-order valence-electron chi connectivity index (χ2n) is 11.8. The number of halogens is 3. The number of fused-ring (bicyclic) bond motifs is 3. The first kappa shape index (κ1) is 29.2. The van der Waals surface area contributed by atoms with Crippen LogP contribution in [0, 0.1) is 17.8 Å². The van der Waals surface area contributed by atoms with Crippen molar-refractivity contribution < 1.29 is 27.4 Å². The van der Waals surface area contributed by atoms with Crippen LogP contribution in [0.2, 0.25) is 0 Å². The summed E-state index contributed by atoms with van der Waals surface area (Å²) in [5.74, 6) is 0.538. The van der Waals surface area contributed by atoms with Crippen molar-refractivity contribution in [3.63, 3.8) is 0 Å². The number of aromatic nitrogens is 2. The van der Waals surface area contributed by atoms with Gasteiger partial charge in [-0.05, 0) is 68.5 Å². The van der Waals surface area contributed by atoms with Crippen molar-refractivity contribution >= 4 is 22.6 Å². The van der Waals surface area contributed by atoms with E-state index in [0.29, 0.717) is 23.7 Å². The highest BCUT2D eigenvalue weighted by Gasteiger charge is 2.50. The Bertz CT molecular complexity index is 1390. The minimum atomic E-state index is -4.77. The molecule has 0 saturated heterocycles. The van der Waals surface area contributed by atoms with Crippen molar-refractivity contribution in [2.75, 3.05) is 20.1 Å². The Hall–Kier alpha value is -3.33. The number of ether oxygens (including phenoxy) is 2. The van der Waals surface area contributed by atoms with Gasteiger partial charge in [0.05, 0.1) is 11.4 Å². The Morgan fingerprint density at radius 1 is 1.12 bits per heavy atom. The molecule has 9 heteroatoms. The second-order valence-corrected chi connectivity index (χ2v) is 11.8. The van der Waals surface area contributed by atoms with Crippen LogP contribution in [0.4, 0.5) is 13.2 Å². The van der Waals surface area contributed by atoms with Crippen LogP contribution in [-0.4, -0.2) is 52.9 Å². The topological polar surface area (TPSA) is 67.4 Å². The van der Waals surface area contributed by atoms with Gasteiger partial charge in [-0.15, -0.1) is 13.2 Å². The fourth-order valence-electron chi connectivity index (χ4n) is 6.30. The number of para-hydroxylation sites is 1. The third-order valence-corrected chi connectivity index (χ3v) is 8.42. The zero-order valence-electron chi connectivity index (χ0n) is 23.8. The number of carbonyl (C=O) groups is 1. The molecule has 41 heavy (non-hydrogen) atoms. The lowest BCUT2D eigenvalue weighted by Gasteiger charge is -2.50. The van der Waals surface area contributed by atoms with Crippen LogP contribution in [0.15, 0.2) is 54.6 Å². The van der Waals surface area contributed by atoms with Crippen molar-refractivity contribution in [2.45, 2.75) is 64.3 Å². The van der Waals surface area contributed by atoms with E-state index in [4.69, 9.17) is 4.74 Å². The number of H-pyrrole nitrogens is 1. The Balaban J connectivity index is 1.22. The molecule has 6 rings (SSSR count). The summed E-state index contributed by atoms with van der Waals surface area (Å²) in [5.41, 5.74) is 2.81. The number of nitrogens with one attached hydrogen (secondary N) is 1. The lowest BCUT2D eigenvalue weighted by molar-refractivity contribution is -0.274. The summed E-state index contributed by atoms with van der Waals surface area (Å²) in [5, 5.41) is 0. The summed E-state index contributed by atoms with van der Waals surface area (Å²) in [6.07, 6.45) is 2.67. The SMILES string of the molecule is CC(C)C(=O)O[C@@]1(CCN(C)CCCc2nc3c(OC(F)(F)F)cccc3[nH]2)C[C@H]2CC[C@@H]1C=C2c1ccccc1. The third kappa shape index (κ3) is 6.77. The number of aryl methyl sites for hydroxylation is 1. The first-order chi connectivity index (χ1) is 19.5. The fraction of sp³-hybridized carbons (Fsp3) is 0.500. The van der Waals surface area contributed by atoms with Crippen LogP contribution in [-0.2, 0) is 16.0 Å². The molecule has 1 fully saturated rings. The number of nitrogens with zero attached hydrogens (tertiary/aromatic N) is 2. The number of rotatable bonds is 11. The van der Waals surface area contributed by atoms with Crippen LogP contribution < -0.4 is 4.74 Å². The molecule has 3 aliphatic carbocycles. The highest BCUT2D eigenvalue weighted by atomic mass is 19.4. The molecule has 0 unspecified atom stereocenters. The molecule has 1 saturated carbocycles. The molecule has 0 spiro atoms. The van der Waals surface area contributed by atoms with E-state index < -0.39 is 12.0 Å². The van der Waals surface area contributed by atoms with E-state index in [2.05, 4.69) is 57.0 Å². The molecule has 0 aliphatic heterocycles. The number of esters is 1. The van der Waals surface area contributed by atoms with Crippen LogP contribution in [0.25, 0.3) is 16.6 Å². The molecule has 3 aliphatic rings. The number of hydrogen-bond acceptors (Lipinski definition) is 5. The summed E-state index contributed by atoms with van der Waals surface area (Å²) in [6.45, 7) is 5.30. The molecule has 1 aromatic heterocycles. The number of imidazole rings is 1. The second kappa shape index (κ2) is 11.9. The number of carbonyl (C=O) groups excluding carboxylic acids is 1. The summed E-state index contributed by atoms with van der Waals surface area (Å²) < 4.78 is 48.8. The Morgan fingerprint density at radius 3 is 2.59 bits per heavy atom. The van der Waals surface area contributed by atoms with Gasteiger partial charge in [-0.3, -0.25) is 4.79 Å². The van der Waals surface area contributed by atoms with Crippen molar-refractivity contribution in [3.8, 4) is 5.75 Å². The summed E-state index contributed by atoms with van der Waals surface area (Å²) in [6, 6.07) is 15.0. The quantitative estimate of drug-likeness (QED) is 0.248. The lowest BCUT2D eigenvalue weighted by atomic mass is 9.60. The van der Waals surface area contributed by atoms with Gasteiger partial charge in [-0.25, -0.2) is 4.98 Å². The van der Waals surface area contributed by atoms with Gasteiger partial charge in [-0.1, -0.05) is 56.3 Å². The van der Waals surface area contributed by atoms with E-state index in [-0.39, 0.29) is 29.1 Å². The maximum Gasteiger partial charge on any atom is 0.573 e. The van der Waals surface area contributed by atoms with Crippen LogP contribution >= 0.6 is 0 Å². The minimum Gasteiger partial charge on any atom is -0.458 e. The Morgan fingerprint density at radius 2 is 1.90 bits per heavy atom. The normalized spacial score (nSPS) is 22.4.